The maximum absolute atomic E-state index is 5.59. The van der Waals surface area contributed by atoms with Crippen LogP contribution in [0.15, 0.2) is 18.2 Å². The molecule has 1 aromatic rings. The standard InChI is InChI=1S/C10H16N2O/c1-3-12-10-6-9(13-2)5-4-8(10)7-11/h4-6,12H,3,7,11H2,1-2H3. The fraction of sp³-hybridized carbons (Fsp3) is 0.400. The number of hydrogen-bond acceptors (Lipinski definition) is 3. The van der Waals surface area contributed by atoms with Crippen molar-refractivity contribution in [3.8, 4) is 5.75 Å². The molecular formula is C10H16N2O. The SMILES string of the molecule is CCNc1cc(OC)ccc1CN. The molecule has 0 spiro atoms. The third-order valence-corrected chi connectivity index (χ3v) is 1.90. The van der Waals surface area contributed by atoms with Crippen LogP contribution in [0.25, 0.3) is 0 Å². The molecule has 0 aliphatic heterocycles. The summed E-state index contributed by atoms with van der Waals surface area (Å²) in [6.45, 7) is 3.49. The van der Waals surface area contributed by atoms with E-state index in [0.717, 1.165) is 23.5 Å². The van der Waals surface area contributed by atoms with Crippen molar-refractivity contribution in [2.24, 2.45) is 5.73 Å². The number of benzene rings is 1. The topological polar surface area (TPSA) is 47.3 Å². The van der Waals surface area contributed by atoms with Crippen molar-refractivity contribution >= 4 is 5.69 Å². The highest BCUT2D eigenvalue weighted by molar-refractivity contribution is 5.55. The smallest absolute Gasteiger partial charge is 0.120 e. The molecule has 13 heavy (non-hydrogen) atoms. The van der Waals surface area contributed by atoms with Crippen LogP contribution in [0.5, 0.6) is 5.75 Å². The van der Waals surface area contributed by atoms with Crippen LogP contribution in [0.1, 0.15) is 12.5 Å². The quantitative estimate of drug-likeness (QED) is 0.739. The summed E-state index contributed by atoms with van der Waals surface area (Å²) in [6.07, 6.45) is 0. The summed E-state index contributed by atoms with van der Waals surface area (Å²) in [5.74, 6) is 0.855. The summed E-state index contributed by atoms with van der Waals surface area (Å²) in [7, 11) is 1.66. The molecule has 0 fully saturated rings. The lowest BCUT2D eigenvalue weighted by atomic mass is 10.1. The van der Waals surface area contributed by atoms with Crippen LogP contribution in [-0.4, -0.2) is 13.7 Å². The lowest BCUT2D eigenvalue weighted by molar-refractivity contribution is 0.415. The first-order chi connectivity index (χ1) is 6.31. The van der Waals surface area contributed by atoms with Gasteiger partial charge in [0, 0.05) is 24.8 Å². The van der Waals surface area contributed by atoms with Gasteiger partial charge in [0.15, 0.2) is 0 Å². The first-order valence-electron chi connectivity index (χ1n) is 4.42. The van der Waals surface area contributed by atoms with Gasteiger partial charge in [-0.1, -0.05) is 6.07 Å². The largest absolute Gasteiger partial charge is 0.497 e. The number of hydrogen-bond donors (Lipinski definition) is 2. The molecular weight excluding hydrogens is 164 g/mol. The average Bonchev–Trinajstić information content (AvgIpc) is 2.18. The normalized spacial score (nSPS) is 9.77. The van der Waals surface area contributed by atoms with Crippen molar-refractivity contribution in [2.45, 2.75) is 13.5 Å². The summed E-state index contributed by atoms with van der Waals surface area (Å²) in [4.78, 5) is 0. The Morgan fingerprint density at radius 3 is 2.77 bits per heavy atom. The van der Waals surface area contributed by atoms with E-state index in [2.05, 4.69) is 12.2 Å². The summed E-state index contributed by atoms with van der Waals surface area (Å²) in [5, 5.41) is 3.24. The minimum atomic E-state index is 0.548. The third-order valence-electron chi connectivity index (χ3n) is 1.90. The molecule has 3 N–H and O–H groups in total. The molecule has 0 aromatic heterocycles. The van der Waals surface area contributed by atoms with E-state index in [0.29, 0.717) is 6.54 Å². The van der Waals surface area contributed by atoms with Crippen LogP contribution in [0.2, 0.25) is 0 Å². The number of anilines is 1. The Morgan fingerprint density at radius 2 is 2.23 bits per heavy atom. The highest BCUT2D eigenvalue weighted by atomic mass is 16.5. The maximum atomic E-state index is 5.59. The van der Waals surface area contributed by atoms with Crippen LogP contribution in [0, 0.1) is 0 Å². The minimum Gasteiger partial charge on any atom is -0.497 e. The Labute approximate surface area is 78.9 Å². The van der Waals surface area contributed by atoms with Gasteiger partial charge in [0.25, 0.3) is 0 Å². The highest BCUT2D eigenvalue weighted by Gasteiger charge is 2.00. The lowest BCUT2D eigenvalue weighted by Gasteiger charge is -2.10. The molecule has 0 bridgehead atoms. The van der Waals surface area contributed by atoms with Gasteiger partial charge in [-0.05, 0) is 18.6 Å². The van der Waals surface area contributed by atoms with Crippen LogP contribution in [-0.2, 0) is 6.54 Å². The van der Waals surface area contributed by atoms with E-state index < -0.39 is 0 Å². The number of rotatable bonds is 4. The Bertz CT molecular complexity index is 274. The second kappa shape index (κ2) is 4.72. The van der Waals surface area contributed by atoms with E-state index in [1.54, 1.807) is 7.11 Å². The molecule has 0 aliphatic rings. The molecule has 0 atom stereocenters. The summed E-state index contributed by atoms with van der Waals surface area (Å²) in [6, 6.07) is 5.87. The van der Waals surface area contributed by atoms with Crippen LogP contribution < -0.4 is 15.8 Å². The van der Waals surface area contributed by atoms with E-state index in [4.69, 9.17) is 10.5 Å². The van der Waals surface area contributed by atoms with Crippen LogP contribution in [0.4, 0.5) is 5.69 Å². The molecule has 0 unspecified atom stereocenters. The Balaban J connectivity index is 2.95. The summed E-state index contributed by atoms with van der Waals surface area (Å²) >= 11 is 0. The molecule has 0 radical (unpaired) electrons. The highest BCUT2D eigenvalue weighted by Crippen LogP contribution is 2.21. The predicted molar refractivity (Wildman–Crippen MR) is 55.0 cm³/mol. The fourth-order valence-corrected chi connectivity index (χ4v) is 1.22. The second-order valence-electron chi connectivity index (χ2n) is 2.76. The van der Waals surface area contributed by atoms with Crippen molar-refractivity contribution in [3.05, 3.63) is 23.8 Å². The number of nitrogens with two attached hydrogens (primary N) is 1. The van der Waals surface area contributed by atoms with Gasteiger partial charge in [0.05, 0.1) is 7.11 Å². The maximum Gasteiger partial charge on any atom is 0.120 e. The zero-order chi connectivity index (χ0) is 9.68. The van der Waals surface area contributed by atoms with E-state index in [1.807, 2.05) is 18.2 Å². The molecule has 72 valence electrons. The minimum absolute atomic E-state index is 0.548. The molecule has 0 amide bonds. The van der Waals surface area contributed by atoms with E-state index in [9.17, 15) is 0 Å². The van der Waals surface area contributed by atoms with Crippen molar-refractivity contribution in [2.75, 3.05) is 19.0 Å². The van der Waals surface area contributed by atoms with Gasteiger partial charge >= 0.3 is 0 Å². The van der Waals surface area contributed by atoms with Crippen molar-refractivity contribution in [3.63, 3.8) is 0 Å². The zero-order valence-corrected chi connectivity index (χ0v) is 8.13. The Kier molecular flexibility index (Phi) is 3.58. The van der Waals surface area contributed by atoms with Gasteiger partial charge in [0.1, 0.15) is 5.75 Å². The molecule has 0 heterocycles. The first kappa shape index (κ1) is 9.86. The Morgan fingerprint density at radius 1 is 1.46 bits per heavy atom. The van der Waals surface area contributed by atoms with E-state index >= 15 is 0 Å². The molecule has 3 nitrogen and oxygen atoms in total. The molecule has 0 saturated heterocycles. The van der Waals surface area contributed by atoms with Gasteiger partial charge in [-0.3, -0.25) is 0 Å². The van der Waals surface area contributed by atoms with Gasteiger partial charge in [-0.2, -0.15) is 0 Å². The zero-order valence-electron chi connectivity index (χ0n) is 8.13. The van der Waals surface area contributed by atoms with Gasteiger partial charge in [-0.25, -0.2) is 0 Å². The average molecular weight is 180 g/mol. The number of nitrogens with one attached hydrogen (secondary N) is 1. The third kappa shape index (κ3) is 2.36. The number of ether oxygens (including phenoxy) is 1. The first-order valence-corrected chi connectivity index (χ1v) is 4.42. The van der Waals surface area contributed by atoms with E-state index in [1.165, 1.54) is 0 Å². The second-order valence-corrected chi connectivity index (χ2v) is 2.76. The lowest BCUT2D eigenvalue weighted by Crippen LogP contribution is -2.05. The van der Waals surface area contributed by atoms with Gasteiger partial charge < -0.3 is 15.8 Å². The van der Waals surface area contributed by atoms with Gasteiger partial charge in [-0.15, -0.1) is 0 Å². The van der Waals surface area contributed by atoms with E-state index in [-0.39, 0.29) is 0 Å². The fourth-order valence-electron chi connectivity index (χ4n) is 1.22. The van der Waals surface area contributed by atoms with Crippen molar-refractivity contribution < 1.29 is 4.74 Å². The summed E-state index contributed by atoms with van der Waals surface area (Å²) in [5.41, 5.74) is 7.76. The summed E-state index contributed by atoms with van der Waals surface area (Å²) < 4.78 is 5.12. The predicted octanol–water partition coefficient (Wildman–Crippen LogP) is 1.59. The monoisotopic (exact) mass is 180 g/mol. The van der Waals surface area contributed by atoms with Crippen molar-refractivity contribution in [1.82, 2.24) is 0 Å². The Hall–Kier alpha value is -1.22. The van der Waals surface area contributed by atoms with Crippen LogP contribution >= 0.6 is 0 Å². The molecule has 1 rings (SSSR count). The van der Waals surface area contributed by atoms with Gasteiger partial charge in [0.2, 0.25) is 0 Å². The van der Waals surface area contributed by atoms with Crippen molar-refractivity contribution in [1.29, 1.82) is 0 Å². The molecule has 0 saturated carbocycles. The molecule has 3 heteroatoms. The number of methoxy groups -OCH3 is 1. The molecule has 1 aromatic carbocycles. The molecule has 0 aliphatic carbocycles. The van der Waals surface area contributed by atoms with Crippen LogP contribution in [0.3, 0.4) is 0 Å².